The molecule has 92 valence electrons. The van der Waals surface area contributed by atoms with Gasteiger partial charge in [-0.1, -0.05) is 13.8 Å². The van der Waals surface area contributed by atoms with Crippen molar-refractivity contribution in [3.8, 4) is 0 Å². The third-order valence-electron chi connectivity index (χ3n) is 2.82. The van der Waals surface area contributed by atoms with Gasteiger partial charge in [-0.3, -0.25) is 4.68 Å². The molecule has 3 heteroatoms. The zero-order valence-electron chi connectivity index (χ0n) is 11.5. The first kappa shape index (κ1) is 13.2. The monoisotopic (exact) mass is 223 g/mol. The fourth-order valence-corrected chi connectivity index (χ4v) is 1.94. The second-order valence-electron chi connectivity index (χ2n) is 5.21. The zero-order valence-corrected chi connectivity index (χ0v) is 11.5. The molecule has 0 saturated carbocycles. The predicted molar refractivity (Wildman–Crippen MR) is 68.6 cm³/mol. The van der Waals surface area contributed by atoms with Crippen molar-refractivity contribution in [2.24, 2.45) is 5.92 Å². The van der Waals surface area contributed by atoms with Crippen molar-refractivity contribution in [2.75, 3.05) is 6.54 Å². The summed E-state index contributed by atoms with van der Waals surface area (Å²) in [6.45, 7) is 15.0. The first-order valence-corrected chi connectivity index (χ1v) is 6.18. The number of nitrogens with zero attached hydrogens (tertiary/aromatic N) is 2. The average Bonchev–Trinajstić information content (AvgIpc) is 2.44. The van der Waals surface area contributed by atoms with Crippen LogP contribution in [0, 0.1) is 19.8 Å². The number of hydrogen-bond acceptors (Lipinski definition) is 2. The summed E-state index contributed by atoms with van der Waals surface area (Å²) in [5.41, 5.74) is 3.81. The Morgan fingerprint density at radius 1 is 1.19 bits per heavy atom. The van der Waals surface area contributed by atoms with Gasteiger partial charge in [0.1, 0.15) is 0 Å². The molecule has 0 saturated heterocycles. The SMILES string of the molecule is Cc1nn(C(C)C)c(C)c1CNCC(C)C. The lowest BCUT2D eigenvalue weighted by Gasteiger charge is -2.10. The highest BCUT2D eigenvalue weighted by Crippen LogP contribution is 2.16. The first-order chi connectivity index (χ1) is 7.43. The lowest BCUT2D eigenvalue weighted by molar-refractivity contribution is 0.514. The van der Waals surface area contributed by atoms with Gasteiger partial charge in [0.15, 0.2) is 0 Å². The summed E-state index contributed by atoms with van der Waals surface area (Å²) in [5, 5.41) is 8.07. The van der Waals surface area contributed by atoms with E-state index in [1.165, 1.54) is 11.3 Å². The summed E-state index contributed by atoms with van der Waals surface area (Å²) in [6, 6.07) is 0.442. The Kier molecular flexibility index (Phi) is 4.54. The van der Waals surface area contributed by atoms with Crippen molar-refractivity contribution < 1.29 is 0 Å². The first-order valence-electron chi connectivity index (χ1n) is 6.18. The van der Waals surface area contributed by atoms with Crippen molar-refractivity contribution in [1.82, 2.24) is 15.1 Å². The van der Waals surface area contributed by atoms with E-state index < -0.39 is 0 Å². The maximum atomic E-state index is 4.58. The van der Waals surface area contributed by atoms with Crippen LogP contribution in [-0.2, 0) is 6.54 Å². The molecular weight excluding hydrogens is 198 g/mol. The quantitative estimate of drug-likeness (QED) is 0.832. The van der Waals surface area contributed by atoms with Crippen LogP contribution in [0.5, 0.6) is 0 Å². The number of aryl methyl sites for hydroxylation is 1. The molecule has 0 aliphatic heterocycles. The van der Waals surface area contributed by atoms with Crippen LogP contribution < -0.4 is 5.32 Å². The normalized spacial score (nSPS) is 11.8. The molecule has 0 unspecified atom stereocenters. The van der Waals surface area contributed by atoms with Gasteiger partial charge in [0.05, 0.1) is 5.69 Å². The second kappa shape index (κ2) is 5.48. The molecule has 0 aliphatic carbocycles. The molecule has 0 spiro atoms. The molecule has 0 amide bonds. The highest BCUT2D eigenvalue weighted by Gasteiger charge is 2.12. The average molecular weight is 223 g/mol. The van der Waals surface area contributed by atoms with E-state index in [0.717, 1.165) is 18.8 Å². The van der Waals surface area contributed by atoms with Gasteiger partial charge in [-0.2, -0.15) is 5.10 Å². The molecule has 0 aliphatic rings. The van der Waals surface area contributed by atoms with Crippen LogP contribution in [-0.4, -0.2) is 16.3 Å². The van der Waals surface area contributed by atoms with Crippen molar-refractivity contribution in [2.45, 2.75) is 54.1 Å². The fraction of sp³-hybridized carbons (Fsp3) is 0.769. The van der Waals surface area contributed by atoms with Gasteiger partial charge >= 0.3 is 0 Å². The van der Waals surface area contributed by atoms with E-state index in [4.69, 9.17) is 0 Å². The fourth-order valence-electron chi connectivity index (χ4n) is 1.94. The maximum absolute atomic E-state index is 4.58. The van der Waals surface area contributed by atoms with Crippen LogP contribution in [0.2, 0.25) is 0 Å². The molecule has 0 aromatic carbocycles. The molecule has 0 atom stereocenters. The van der Waals surface area contributed by atoms with Crippen LogP contribution in [0.4, 0.5) is 0 Å². The highest BCUT2D eigenvalue weighted by atomic mass is 15.3. The van der Waals surface area contributed by atoms with E-state index in [1.807, 2.05) is 0 Å². The smallest absolute Gasteiger partial charge is 0.0641 e. The Bertz CT molecular complexity index is 337. The largest absolute Gasteiger partial charge is 0.312 e. The Hall–Kier alpha value is -0.830. The summed E-state index contributed by atoms with van der Waals surface area (Å²) in [5.74, 6) is 0.695. The predicted octanol–water partition coefficient (Wildman–Crippen LogP) is 2.83. The summed E-state index contributed by atoms with van der Waals surface area (Å²) in [4.78, 5) is 0. The van der Waals surface area contributed by atoms with Crippen LogP contribution in [0.25, 0.3) is 0 Å². The Morgan fingerprint density at radius 2 is 1.81 bits per heavy atom. The van der Waals surface area contributed by atoms with Gasteiger partial charge in [0, 0.05) is 23.8 Å². The Labute approximate surface area is 99.2 Å². The van der Waals surface area contributed by atoms with Gasteiger partial charge in [0.2, 0.25) is 0 Å². The minimum atomic E-state index is 0.442. The third kappa shape index (κ3) is 3.08. The number of rotatable bonds is 5. The molecular formula is C13H25N3. The summed E-state index contributed by atoms with van der Waals surface area (Å²) >= 11 is 0. The molecule has 1 rings (SSSR count). The van der Waals surface area contributed by atoms with Gasteiger partial charge < -0.3 is 5.32 Å². The lowest BCUT2D eigenvalue weighted by Crippen LogP contribution is -2.19. The number of hydrogen-bond donors (Lipinski definition) is 1. The minimum Gasteiger partial charge on any atom is -0.312 e. The molecule has 1 aromatic rings. The minimum absolute atomic E-state index is 0.442. The van der Waals surface area contributed by atoms with E-state index in [-0.39, 0.29) is 0 Å². The van der Waals surface area contributed by atoms with Crippen molar-refractivity contribution >= 4 is 0 Å². The standard InChI is InChI=1S/C13H25N3/c1-9(2)7-14-8-13-11(5)15-16(10(3)4)12(13)6/h9-10,14H,7-8H2,1-6H3. The molecule has 1 heterocycles. The van der Waals surface area contributed by atoms with Crippen LogP contribution in [0.15, 0.2) is 0 Å². The zero-order chi connectivity index (χ0) is 12.3. The second-order valence-corrected chi connectivity index (χ2v) is 5.21. The number of aromatic nitrogens is 2. The van der Waals surface area contributed by atoms with E-state index in [1.54, 1.807) is 0 Å². The van der Waals surface area contributed by atoms with Gasteiger partial charge in [0.25, 0.3) is 0 Å². The Morgan fingerprint density at radius 3 is 2.25 bits per heavy atom. The Balaban J connectivity index is 2.72. The molecule has 0 bridgehead atoms. The van der Waals surface area contributed by atoms with Crippen LogP contribution >= 0.6 is 0 Å². The van der Waals surface area contributed by atoms with Crippen molar-refractivity contribution in [3.05, 3.63) is 17.0 Å². The third-order valence-corrected chi connectivity index (χ3v) is 2.82. The van der Waals surface area contributed by atoms with E-state index in [9.17, 15) is 0 Å². The van der Waals surface area contributed by atoms with Crippen LogP contribution in [0.1, 0.15) is 50.7 Å². The van der Waals surface area contributed by atoms with E-state index >= 15 is 0 Å². The van der Waals surface area contributed by atoms with E-state index in [2.05, 4.69) is 56.6 Å². The molecule has 16 heavy (non-hydrogen) atoms. The summed E-state index contributed by atoms with van der Waals surface area (Å²) < 4.78 is 2.11. The highest BCUT2D eigenvalue weighted by molar-refractivity contribution is 5.24. The van der Waals surface area contributed by atoms with Crippen molar-refractivity contribution in [3.63, 3.8) is 0 Å². The maximum Gasteiger partial charge on any atom is 0.0641 e. The van der Waals surface area contributed by atoms with E-state index in [0.29, 0.717) is 12.0 Å². The van der Waals surface area contributed by atoms with Gasteiger partial charge in [-0.25, -0.2) is 0 Å². The molecule has 3 nitrogen and oxygen atoms in total. The van der Waals surface area contributed by atoms with Gasteiger partial charge in [-0.05, 0) is 40.2 Å². The lowest BCUT2D eigenvalue weighted by atomic mass is 10.1. The van der Waals surface area contributed by atoms with Gasteiger partial charge in [-0.15, -0.1) is 0 Å². The topological polar surface area (TPSA) is 29.9 Å². The molecule has 1 N–H and O–H groups in total. The van der Waals surface area contributed by atoms with Crippen LogP contribution in [0.3, 0.4) is 0 Å². The molecule has 1 aromatic heterocycles. The molecule has 0 fully saturated rings. The molecule has 0 radical (unpaired) electrons. The summed E-state index contributed by atoms with van der Waals surface area (Å²) in [6.07, 6.45) is 0. The van der Waals surface area contributed by atoms with Crippen molar-refractivity contribution in [1.29, 1.82) is 0 Å². The number of nitrogens with one attached hydrogen (secondary N) is 1. The summed E-state index contributed by atoms with van der Waals surface area (Å²) in [7, 11) is 0.